The Morgan fingerprint density at radius 1 is 1.39 bits per heavy atom. The predicted molar refractivity (Wildman–Crippen MR) is 69.1 cm³/mol. The van der Waals surface area contributed by atoms with Gasteiger partial charge < -0.3 is 4.90 Å². The van der Waals surface area contributed by atoms with Gasteiger partial charge in [-0.1, -0.05) is 13.8 Å². The van der Waals surface area contributed by atoms with Gasteiger partial charge in [-0.2, -0.15) is 5.10 Å². The molecule has 5 nitrogen and oxygen atoms in total. The lowest BCUT2D eigenvalue weighted by molar-refractivity contribution is -0.133. The number of piperidine rings is 1. The molecular weight excluding hydrogens is 228 g/mol. The van der Waals surface area contributed by atoms with E-state index in [9.17, 15) is 4.79 Å². The van der Waals surface area contributed by atoms with Gasteiger partial charge in [0.1, 0.15) is 5.82 Å². The maximum absolute atomic E-state index is 11.6. The van der Waals surface area contributed by atoms with Crippen LogP contribution in [0.25, 0.3) is 0 Å². The molecule has 1 saturated heterocycles. The van der Waals surface area contributed by atoms with Crippen molar-refractivity contribution in [2.45, 2.75) is 46.0 Å². The number of likely N-dealkylation sites (tertiary alicyclic amines) is 1. The largest absolute Gasteiger partial charge is 0.342 e. The zero-order chi connectivity index (χ0) is 13.0. The summed E-state index contributed by atoms with van der Waals surface area (Å²) in [5, 5.41) is 7.18. The molecule has 5 heteroatoms. The molecule has 1 amide bonds. The summed E-state index contributed by atoms with van der Waals surface area (Å²) in [4.78, 5) is 18.0. The van der Waals surface area contributed by atoms with E-state index in [1.165, 1.54) is 0 Å². The molecule has 2 heterocycles. The number of amides is 1. The number of hydrogen-bond acceptors (Lipinski definition) is 3. The highest BCUT2D eigenvalue weighted by Gasteiger charge is 2.18. The zero-order valence-electron chi connectivity index (χ0n) is 11.3. The summed E-state index contributed by atoms with van der Waals surface area (Å²) in [6.45, 7) is 5.96. The molecule has 0 unspecified atom stereocenters. The van der Waals surface area contributed by atoms with Crippen LogP contribution in [0.5, 0.6) is 0 Å². The Morgan fingerprint density at radius 2 is 2.22 bits per heavy atom. The first-order valence-corrected chi connectivity index (χ1v) is 6.83. The quantitative estimate of drug-likeness (QED) is 0.862. The number of aromatic amines is 1. The minimum absolute atomic E-state index is 0.277. The Kier molecular flexibility index (Phi) is 4.33. The second-order valence-electron chi connectivity index (χ2n) is 5.38. The lowest BCUT2D eigenvalue weighted by Crippen LogP contribution is -2.36. The van der Waals surface area contributed by atoms with Crippen molar-refractivity contribution >= 4 is 5.91 Å². The predicted octanol–water partition coefficient (Wildman–Crippen LogP) is 1.56. The van der Waals surface area contributed by atoms with Crippen molar-refractivity contribution in [2.24, 2.45) is 5.92 Å². The highest BCUT2D eigenvalue weighted by atomic mass is 16.2. The van der Waals surface area contributed by atoms with Crippen molar-refractivity contribution < 1.29 is 4.79 Å². The van der Waals surface area contributed by atoms with Gasteiger partial charge in [0.15, 0.2) is 5.82 Å². The number of rotatable bonds is 5. The van der Waals surface area contributed by atoms with Crippen LogP contribution >= 0.6 is 0 Å². The summed E-state index contributed by atoms with van der Waals surface area (Å²) in [5.74, 6) is 2.63. The van der Waals surface area contributed by atoms with Crippen molar-refractivity contribution in [3.8, 4) is 0 Å². The molecule has 1 fully saturated rings. The fourth-order valence-corrected chi connectivity index (χ4v) is 2.26. The van der Waals surface area contributed by atoms with Gasteiger partial charge in [-0.25, -0.2) is 4.98 Å². The third-order valence-electron chi connectivity index (χ3n) is 3.21. The standard InChI is InChI=1S/C13H22N4O/c1-10(2)9-12-14-11(15-16-12)6-8-17-7-4-3-5-13(17)18/h10H,3-9H2,1-2H3,(H,14,15,16). The molecule has 1 aliphatic heterocycles. The molecule has 1 N–H and O–H groups in total. The molecule has 0 saturated carbocycles. The van der Waals surface area contributed by atoms with Gasteiger partial charge in [0.2, 0.25) is 5.91 Å². The molecule has 0 aliphatic carbocycles. The van der Waals surface area contributed by atoms with Gasteiger partial charge in [0.05, 0.1) is 0 Å². The number of hydrogen-bond donors (Lipinski definition) is 1. The smallest absolute Gasteiger partial charge is 0.222 e. The second kappa shape index (κ2) is 5.98. The molecule has 1 aromatic rings. The molecule has 2 rings (SSSR count). The third kappa shape index (κ3) is 3.55. The van der Waals surface area contributed by atoms with E-state index in [0.29, 0.717) is 12.3 Å². The fourth-order valence-electron chi connectivity index (χ4n) is 2.26. The third-order valence-corrected chi connectivity index (χ3v) is 3.21. The summed E-state index contributed by atoms with van der Waals surface area (Å²) in [5.41, 5.74) is 0. The number of nitrogens with one attached hydrogen (secondary N) is 1. The van der Waals surface area contributed by atoms with E-state index in [-0.39, 0.29) is 5.91 Å². The van der Waals surface area contributed by atoms with Gasteiger partial charge >= 0.3 is 0 Å². The number of aromatic nitrogens is 3. The Labute approximate surface area is 108 Å². The Balaban J connectivity index is 1.82. The van der Waals surface area contributed by atoms with Crippen LogP contribution in [0.1, 0.15) is 44.8 Å². The molecule has 0 spiro atoms. The Morgan fingerprint density at radius 3 is 2.94 bits per heavy atom. The zero-order valence-corrected chi connectivity index (χ0v) is 11.3. The number of carbonyl (C=O) groups excluding carboxylic acids is 1. The van der Waals surface area contributed by atoms with Crippen LogP contribution in [0.15, 0.2) is 0 Å². The minimum atomic E-state index is 0.277. The molecule has 100 valence electrons. The van der Waals surface area contributed by atoms with E-state index >= 15 is 0 Å². The van der Waals surface area contributed by atoms with Crippen molar-refractivity contribution in [1.82, 2.24) is 20.1 Å². The highest BCUT2D eigenvalue weighted by Crippen LogP contribution is 2.11. The van der Waals surface area contributed by atoms with Crippen LogP contribution < -0.4 is 0 Å². The normalized spacial score (nSPS) is 16.6. The van der Waals surface area contributed by atoms with Crippen LogP contribution in [-0.2, 0) is 17.6 Å². The fraction of sp³-hybridized carbons (Fsp3) is 0.769. The van der Waals surface area contributed by atoms with Crippen LogP contribution in [-0.4, -0.2) is 39.1 Å². The van der Waals surface area contributed by atoms with E-state index in [1.54, 1.807) is 0 Å². The molecule has 0 aromatic carbocycles. The summed E-state index contributed by atoms with van der Waals surface area (Å²) in [7, 11) is 0. The van der Waals surface area contributed by atoms with E-state index in [4.69, 9.17) is 0 Å². The van der Waals surface area contributed by atoms with Crippen molar-refractivity contribution in [1.29, 1.82) is 0 Å². The maximum atomic E-state index is 11.6. The van der Waals surface area contributed by atoms with E-state index in [2.05, 4.69) is 29.0 Å². The lowest BCUT2D eigenvalue weighted by Gasteiger charge is -2.26. The summed E-state index contributed by atoms with van der Waals surface area (Å²) >= 11 is 0. The van der Waals surface area contributed by atoms with Crippen molar-refractivity contribution in [2.75, 3.05) is 13.1 Å². The number of carbonyl (C=O) groups is 1. The first-order valence-electron chi connectivity index (χ1n) is 6.83. The summed E-state index contributed by atoms with van der Waals surface area (Å²) in [6, 6.07) is 0. The first kappa shape index (κ1) is 13.1. The average Bonchev–Trinajstić information content (AvgIpc) is 2.75. The van der Waals surface area contributed by atoms with Crippen LogP contribution in [0.2, 0.25) is 0 Å². The Bertz CT molecular complexity index is 399. The lowest BCUT2D eigenvalue weighted by atomic mass is 10.1. The van der Waals surface area contributed by atoms with Gasteiger partial charge in [0, 0.05) is 32.4 Å². The van der Waals surface area contributed by atoms with Gasteiger partial charge in [-0.3, -0.25) is 9.89 Å². The molecule has 1 aromatic heterocycles. The monoisotopic (exact) mass is 250 g/mol. The second-order valence-corrected chi connectivity index (χ2v) is 5.38. The molecule has 0 bridgehead atoms. The molecule has 0 atom stereocenters. The topological polar surface area (TPSA) is 61.9 Å². The maximum Gasteiger partial charge on any atom is 0.222 e. The van der Waals surface area contributed by atoms with Gasteiger partial charge in [-0.15, -0.1) is 0 Å². The molecular formula is C13H22N4O. The SMILES string of the molecule is CC(C)Cc1nc(CCN2CCCCC2=O)n[nH]1. The Hall–Kier alpha value is -1.39. The van der Waals surface area contributed by atoms with E-state index < -0.39 is 0 Å². The molecule has 18 heavy (non-hydrogen) atoms. The van der Waals surface area contributed by atoms with Crippen LogP contribution in [0.3, 0.4) is 0 Å². The molecule has 1 aliphatic rings. The van der Waals surface area contributed by atoms with Gasteiger partial charge in [-0.05, 0) is 18.8 Å². The number of H-pyrrole nitrogens is 1. The molecule has 0 radical (unpaired) electrons. The van der Waals surface area contributed by atoms with Gasteiger partial charge in [0.25, 0.3) is 0 Å². The summed E-state index contributed by atoms with van der Waals surface area (Å²) in [6.07, 6.45) is 4.54. The van der Waals surface area contributed by atoms with Crippen LogP contribution in [0, 0.1) is 5.92 Å². The number of nitrogens with zero attached hydrogens (tertiary/aromatic N) is 3. The highest BCUT2D eigenvalue weighted by molar-refractivity contribution is 5.76. The van der Waals surface area contributed by atoms with E-state index in [1.807, 2.05) is 4.90 Å². The van der Waals surface area contributed by atoms with E-state index in [0.717, 1.165) is 50.4 Å². The average molecular weight is 250 g/mol. The van der Waals surface area contributed by atoms with Crippen molar-refractivity contribution in [3.05, 3.63) is 11.6 Å². The minimum Gasteiger partial charge on any atom is -0.342 e. The van der Waals surface area contributed by atoms with Crippen LogP contribution in [0.4, 0.5) is 0 Å². The van der Waals surface area contributed by atoms with Crippen molar-refractivity contribution in [3.63, 3.8) is 0 Å². The first-order chi connectivity index (χ1) is 8.65. The summed E-state index contributed by atoms with van der Waals surface area (Å²) < 4.78 is 0.